The number of alkyl halides is 8. The van der Waals surface area contributed by atoms with Crippen molar-refractivity contribution >= 4 is 23.6 Å². The minimum atomic E-state index is -6.53. The van der Waals surface area contributed by atoms with Crippen LogP contribution < -0.4 is 4.74 Å². The summed E-state index contributed by atoms with van der Waals surface area (Å²) in [6.07, 6.45) is -15.2. The molecule has 2 aliphatic rings. The number of halogens is 9. The van der Waals surface area contributed by atoms with Gasteiger partial charge in [-0.1, -0.05) is 17.7 Å². The third-order valence-electron chi connectivity index (χ3n) is 6.70. The number of hydrogen-bond donors (Lipinski definition) is 0. The molecule has 0 bridgehead atoms. The molecule has 1 aromatic carbocycles. The molecule has 1 fully saturated rings. The van der Waals surface area contributed by atoms with Crippen LogP contribution in [-0.2, 0) is 17.5 Å². The van der Waals surface area contributed by atoms with E-state index in [1.54, 1.807) is 13.8 Å². The Morgan fingerprint density at radius 3 is 2.30 bits per heavy atom. The molecule has 0 radical (unpaired) electrons. The van der Waals surface area contributed by atoms with E-state index in [9.17, 15) is 40.3 Å². The molecular weight excluding hydrogens is 622 g/mol. The van der Waals surface area contributed by atoms with Crippen molar-refractivity contribution in [3.05, 3.63) is 46.4 Å². The zero-order valence-electron chi connectivity index (χ0n) is 22.2. The maximum absolute atomic E-state index is 15.4. The van der Waals surface area contributed by atoms with Crippen LogP contribution in [0.4, 0.5) is 39.9 Å². The van der Waals surface area contributed by atoms with Crippen molar-refractivity contribution in [1.82, 2.24) is 24.5 Å². The summed E-state index contributed by atoms with van der Waals surface area (Å²) in [4.78, 5) is 27.0. The number of nitrogens with zero attached hydrogens (tertiary/aromatic N) is 5. The number of aromatic nitrogens is 4. The van der Waals surface area contributed by atoms with E-state index in [1.165, 1.54) is 18.2 Å². The van der Waals surface area contributed by atoms with Crippen LogP contribution in [0.2, 0.25) is 5.02 Å². The van der Waals surface area contributed by atoms with Crippen LogP contribution in [0.25, 0.3) is 16.9 Å². The normalized spacial score (nSPS) is 16.9. The van der Waals surface area contributed by atoms with E-state index in [-0.39, 0.29) is 21.7 Å². The largest absolute Gasteiger partial charge is 0.448 e. The summed E-state index contributed by atoms with van der Waals surface area (Å²) in [5.74, 6) is -2.99. The summed E-state index contributed by atoms with van der Waals surface area (Å²) in [6.45, 7) is 3.19. The van der Waals surface area contributed by atoms with Crippen LogP contribution in [0.1, 0.15) is 54.8 Å². The first kappa shape index (κ1) is 30.6. The molecule has 1 aliphatic carbocycles. The third-order valence-corrected chi connectivity index (χ3v) is 7.03. The van der Waals surface area contributed by atoms with Gasteiger partial charge in [0.25, 0.3) is 12.3 Å². The molecule has 9 nitrogen and oxygen atoms in total. The number of amides is 2. The summed E-state index contributed by atoms with van der Waals surface area (Å²) < 4.78 is 122. The lowest BCUT2D eigenvalue weighted by Crippen LogP contribution is -2.51. The summed E-state index contributed by atoms with van der Waals surface area (Å²) in [5, 5.41) is 6.88. The van der Waals surface area contributed by atoms with Crippen molar-refractivity contribution in [2.75, 3.05) is 0 Å². The zero-order valence-corrected chi connectivity index (χ0v) is 23.0. The molecule has 2 aromatic heterocycles. The lowest BCUT2D eigenvalue weighted by molar-refractivity contribution is -0.350. The molecule has 0 N–H and O–H groups in total. The quantitative estimate of drug-likeness (QED) is 0.287. The van der Waals surface area contributed by atoms with Gasteiger partial charge in [0.1, 0.15) is 5.69 Å². The second-order valence-corrected chi connectivity index (χ2v) is 10.5. The summed E-state index contributed by atoms with van der Waals surface area (Å²) in [5.41, 5.74) is -8.96. The first-order valence-corrected chi connectivity index (χ1v) is 12.9. The topological polar surface area (TPSA) is 91.5 Å². The second-order valence-electron chi connectivity index (χ2n) is 10.1. The van der Waals surface area contributed by atoms with Gasteiger partial charge in [0.05, 0.1) is 22.9 Å². The Labute approximate surface area is 241 Å². The standard InChI is InChI=1S/C25H20ClF8N5O4/c1-10(2)42-22(41)38(12-5-6-12)21(40)13-8-11(4-7-15(13)26)14-9-35-39-16(14)19(27)43-17-18(36-37(3)20(17)39)23(28,24(29,30)31)25(32,33)34/h4,7-10,12,19H,5-6H2,1-3H3. The van der Waals surface area contributed by atoms with Crippen LogP contribution in [0.5, 0.6) is 5.75 Å². The highest BCUT2D eigenvalue weighted by Gasteiger charge is 2.76. The third kappa shape index (κ3) is 4.86. The van der Waals surface area contributed by atoms with E-state index in [0.717, 1.165) is 18.1 Å². The van der Waals surface area contributed by atoms with E-state index in [0.29, 0.717) is 22.2 Å². The van der Waals surface area contributed by atoms with E-state index in [2.05, 4.69) is 10.2 Å². The minimum Gasteiger partial charge on any atom is -0.448 e. The number of aryl methyl sites for hydroxylation is 1. The molecule has 1 atom stereocenters. The first-order chi connectivity index (χ1) is 19.9. The molecule has 0 spiro atoms. The van der Waals surface area contributed by atoms with Crippen LogP contribution >= 0.6 is 11.6 Å². The van der Waals surface area contributed by atoms with Gasteiger partial charge in [-0.2, -0.15) is 40.9 Å². The molecule has 3 aromatic rings. The molecule has 5 rings (SSSR count). The van der Waals surface area contributed by atoms with Crippen molar-refractivity contribution in [1.29, 1.82) is 0 Å². The van der Waals surface area contributed by atoms with Gasteiger partial charge >= 0.3 is 24.1 Å². The van der Waals surface area contributed by atoms with Crippen molar-refractivity contribution in [3.8, 4) is 22.7 Å². The molecule has 2 amide bonds. The van der Waals surface area contributed by atoms with Crippen LogP contribution in [0.15, 0.2) is 24.4 Å². The van der Waals surface area contributed by atoms with Crippen molar-refractivity contribution in [2.45, 2.75) is 63.2 Å². The van der Waals surface area contributed by atoms with Gasteiger partial charge < -0.3 is 9.47 Å². The monoisotopic (exact) mass is 641 g/mol. The van der Waals surface area contributed by atoms with Gasteiger partial charge in [-0.05, 0) is 44.4 Å². The number of fused-ring (bicyclic) bond motifs is 3. The number of ether oxygens (including phenoxy) is 2. The average Bonchev–Trinajstić information content (AvgIpc) is 3.51. The van der Waals surface area contributed by atoms with Gasteiger partial charge in [-0.3, -0.25) is 4.79 Å². The Bertz CT molecular complexity index is 1600. The summed E-state index contributed by atoms with van der Waals surface area (Å²) in [7, 11) is 0.893. The van der Waals surface area contributed by atoms with E-state index < -0.39 is 71.5 Å². The predicted molar refractivity (Wildman–Crippen MR) is 131 cm³/mol. The molecule has 18 heteroatoms. The lowest BCUT2D eigenvalue weighted by atomic mass is 9.99. The average molecular weight is 642 g/mol. The maximum Gasteiger partial charge on any atom is 0.437 e. The molecule has 1 saturated carbocycles. The summed E-state index contributed by atoms with van der Waals surface area (Å²) in [6, 6.07) is 3.38. The van der Waals surface area contributed by atoms with Crippen LogP contribution in [0.3, 0.4) is 0 Å². The van der Waals surface area contributed by atoms with Gasteiger partial charge in [-0.25, -0.2) is 23.4 Å². The SMILES string of the molecule is CC(C)OC(=O)N(C(=O)c1cc(-c2cnn3c2C(F)Oc2c(C(F)(C(F)(F)F)C(F)(F)F)nn(C)c2-3)ccc1Cl)C1CC1. The van der Waals surface area contributed by atoms with E-state index in [1.807, 2.05) is 0 Å². The Kier molecular flexibility index (Phi) is 7.17. The maximum atomic E-state index is 15.4. The number of carbonyl (C=O) groups excluding carboxylic acids is 2. The fourth-order valence-corrected chi connectivity index (χ4v) is 4.79. The van der Waals surface area contributed by atoms with Gasteiger partial charge in [0.2, 0.25) is 0 Å². The Morgan fingerprint density at radius 1 is 1.12 bits per heavy atom. The minimum absolute atomic E-state index is 0.0736. The number of carbonyl (C=O) groups is 2. The lowest BCUT2D eigenvalue weighted by Gasteiger charge is -2.30. The molecule has 232 valence electrons. The van der Waals surface area contributed by atoms with Gasteiger partial charge in [-0.15, -0.1) is 0 Å². The second kappa shape index (κ2) is 10.1. The number of hydrogen-bond acceptors (Lipinski definition) is 6. The van der Waals surface area contributed by atoms with Gasteiger partial charge in [0.15, 0.2) is 17.3 Å². The smallest absolute Gasteiger partial charge is 0.437 e. The highest BCUT2D eigenvalue weighted by molar-refractivity contribution is 6.34. The summed E-state index contributed by atoms with van der Waals surface area (Å²) >= 11 is 6.26. The predicted octanol–water partition coefficient (Wildman–Crippen LogP) is 6.73. The van der Waals surface area contributed by atoms with E-state index in [4.69, 9.17) is 21.1 Å². The highest BCUT2D eigenvalue weighted by Crippen LogP contribution is 2.57. The molecular formula is C25H20ClF8N5O4. The molecule has 1 unspecified atom stereocenters. The first-order valence-electron chi connectivity index (χ1n) is 12.5. The Hall–Kier alpha value is -3.89. The number of benzene rings is 1. The van der Waals surface area contributed by atoms with E-state index >= 15 is 4.39 Å². The molecule has 43 heavy (non-hydrogen) atoms. The Morgan fingerprint density at radius 2 is 1.74 bits per heavy atom. The number of rotatable bonds is 5. The fourth-order valence-electron chi connectivity index (χ4n) is 4.59. The highest BCUT2D eigenvalue weighted by atomic mass is 35.5. The molecule has 0 saturated heterocycles. The van der Waals surface area contributed by atoms with Crippen LogP contribution in [0, 0.1) is 0 Å². The Balaban J connectivity index is 1.59. The fraction of sp³-hybridized carbons (Fsp3) is 0.440. The van der Waals surface area contributed by atoms with Crippen LogP contribution in [-0.4, -0.2) is 61.0 Å². The number of imide groups is 1. The van der Waals surface area contributed by atoms with Crippen molar-refractivity contribution < 1.29 is 54.2 Å². The van der Waals surface area contributed by atoms with Crippen molar-refractivity contribution in [3.63, 3.8) is 0 Å². The van der Waals surface area contributed by atoms with Crippen molar-refractivity contribution in [2.24, 2.45) is 7.05 Å². The van der Waals surface area contributed by atoms with Gasteiger partial charge in [0, 0.05) is 18.7 Å². The molecule has 3 heterocycles. The zero-order chi connectivity index (χ0) is 31.8. The molecule has 1 aliphatic heterocycles.